The fourth-order valence-electron chi connectivity index (χ4n) is 11.7. The number of amides is 5. The van der Waals surface area contributed by atoms with E-state index in [1.54, 1.807) is 70.2 Å². The second kappa shape index (κ2) is 27.4. The van der Waals surface area contributed by atoms with Gasteiger partial charge >= 0.3 is 11.9 Å². The summed E-state index contributed by atoms with van der Waals surface area (Å²) in [6.45, 7) is 8.84. The van der Waals surface area contributed by atoms with Crippen LogP contribution in [-0.2, 0) is 68.4 Å². The lowest BCUT2D eigenvalue weighted by Gasteiger charge is -2.41. The van der Waals surface area contributed by atoms with E-state index in [1.165, 1.54) is 16.1 Å². The summed E-state index contributed by atoms with van der Waals surface area (Å²) in [6.07, 6.45) is 5.70. The van der Waals surface area contributed by atoms with Crippen molar-refractivity contribution in [3.05, 3.63) is 94.8 Å². The number of carbonyl (C=O) groups excluding carboxylic acids is 7. The molecule has 478 valence electrons. The van der Waals surface area contributed by atoms with Crippen LogP contribution < -0.4 is 32.1 Å². The van der Waals surface area contributed by atoms with Gasteiger partial charge in [0.15, 0.2) is 6.10 Å². The molecule has 4 saturated heterocycles. The van der Waals surface area contributed by atoms with Crippen molar-refractivity contribution in [1.82, 2.24) is 52.1 Å². The highest BCUT2D eigenvalue weighted by molar-refractivity contribution is 5.94. The molecular weight excluding hydrogens is 1150 g/mol. The van der Waals surface area contributed by atoms with Crippen LogP contribution in [0.5, 0.6) is 0 Å². The molecule has 4 fully saturated rings. The van der Waals surface area contributed by atoms with E-state index in [1.807, 2.05) is 51.1 Å². The molecule has 10 rings (SSSR count). The molecule has 0 saturated carbocycles. The molecule has 2 spiro atoms. The summed E-state index contributed by atoms with van der Waals surface area (Å²) in [7, 11) is 0. The Morgan fingerprint density at radius 3 is 1.80 bits per heavy atom. The minimum atomic E-state index is -2.23. The summed E-state index contributed by atoms with van der Waals surface area (Å²) in [5, 5.41) is 16.4. The zero-order valence-electron chi connectivity index (χ0n) is 51.2. The molecule has 4 aromatic rings. The maximum atomic E-state index is 15.4. The maximum absolute atomic E-state index is 15.4. The van der Waals surface area contributed by atoms with Crippen LogP contribution >= 0.6 is 0 Å². The number of cyclic esters (lactones) is 2. The Kier molecular flexibility index (Phi) is 19.9. The van der Waals surface area contributed by atoms with Gasteiger partial charge in [-0.05, 0) is 99.2 Å². The van der Waals surface area contributed by atoms with Crippen molar-refractivity contribution >= 4 is 75.4 Å². The van der Waals surface area contributed by atoms with Gasteiger partial charge in [0, 0.05) is 36.8 Å². The Hall–Kier alpha value is -7.39. The second-order valence-electron chi connectivity index (χ2n) is 25.0. The maximum Gasteiger partial charge on any atom is 0.321 e. The summed E-state index contributed by atoms with van der Waals surface area (Å²) in [5.41, 5.74) is 6.62. The van der Waals surface area contributed by atoms with Crippen LogP contribution in [0.1, 0.15) is 114 Å². The third-order valence-electron chi connectivity index (χ3n) is 17.4. The van der Waals surface area contributed by atoms with E-state index in [-0.39, 0.29) is 57.2 Å². The SMILES string of the molecule is CC(C)[C@@H]1OC(=O)C2(/C=C/c3ccc4ccc(nc4c3)[C@@H](C)NC(=O)[C@@H]3CCCN(N3)C(=O)[C@H](Cc3cc4nc5cc(ccc35)/C=C/C3(COC(CF)(CF)OC3)C(=O)O[C@@H](C(C)C)CN[C@@H](C)C(=O)N3CCC[C@H](N3)C(=O)N[C@@H]4C)NC1=O)COCOC2. The summed E-state index contributed by atoms with van der Waals surface area (Å²) in [5.74, 6) is -7.30. The van der Waals surface area contributed by atoms with E-state index < -0.39 is 127 Å². The number of carbonyl (C=O) groups is 7. The van der Waals surface area contributed by atoms with E-state index in [4.69, 9.17) is 38.4 Å². The molecular formula is C64H80F2N10O13. The molecule has 2 aromatic heterocycles. The van der Waals surface area contributed by atoms with Crippen molar-refractivity contribution in [2.45, 2.75) is 135 Å². The van der Waals surface area contributed by atoms with Crippen molar-refractivity contribution < 1.29 is 70.8 Å². The summed E-state index contributed by atoms with van der Waals surface area (Å²) >= 11 is 0. The second-order valence-corrected chi connectivity index (χ2v) is 25.0. The van der Waals surface area contributed by atoms with Crippen LogP contribution in [0, 0.1) is 22.7 Å². The largest absolute Gasteiger partial charge is 0.460 e. The van der Waals surface area contributed by atoms with Crippen molar-refractivity contribution in [2.75, 3.05) is 66.2 Å². The number of nitrogens with one attached hydrogen (secondary N) is 6. The van der Waals surface area contributed by atoms with Crippen LogP contribution in [0.2, 0.25) is 0 Å². The first-order valence-electron chi connectivity index (χ1n) is 30.6. The van der Waals surface area contributed by atoms with Crippen molar-refractivity contribution in [2.24, 2.45) is 22.7 Å². The van der Waals surface area contributed by atoms with Gasteiger partial charge in [-0.2, -0.15) is 0 Å². The third kappa shape index (κ3) is 14.3. The molecule has 8 atom stereocenters. The molecule has 2 aromatic carbocycles. The van der Waals surface area contributed by atoms with E-state index >= 15 is 9.59 Å². The molecule has 89 heavy (non-hydrogen) atoms. The van der Waals surface area contributed by atoms with Crippen molar-refractivity contribution in [3.8, 4) is 0 Å². The fraction of sp³-hybridized carbons (Fsp3) is 0.547. The molecule has 8 heterocycles. The summed E-state index contributed by atoms with van der Waals surface area (Å²) in [6, 6.07) is 11.0. The van der Waals surface area contributed by atoms with Gasteiger partial charge in [0.2, 0.25) is 17.6 Å². The number of hydrazine groups is 2. The Morgan fingerprint density at radius 2 is 1.18 bits per heavy atom. The molecule has 0 unspecified atom stereocenters. The Bertz CT molecular complexity index is 3380. The number of fused-ring (bicyclic) bond motifs is 8. The number of nitrogens with zero attached hydrogens (tertiary/aromatic N) is 4. The number of esters is 2. The molecule has 25 heteroatoms. The van der Waals surface area contributed by atoms with Crippen LogP contribution in [0.15, 0.2) is 66.7 Å². The molecule has 0 aliphatic carbocycles. The number of rotatable bonds is 6. The fourth-order valence-corrected chi connectivity index (χ4v) is 11.7. The molecule has 10 bridgehead atoms. The molecule has 0 radical (unpaired) electrons. The van der Waals surface area contributed by atoms with Crippen LogP contribution in [-0.4, -0.2) is 170 Å². The van der Waals surface area contributed by atoms with Crippen molar-refractivity contribution in [3.63, 3.8) is 0 Å². The van der Waals surface area contributed by atoms with Gasteiger partial charge in [0.25, 0.3) is 17.7 Å². The number of pyridine rings is 2. The number of aromatic nitrogens is 2. The van der Waals surface area contributed by atoms with Gasteiger partial charge < -0.3 is 49.7 Å². The summed E-state index contributed by atoms with van der Waals surface area (Å²) in [4.78, 5) is 112. The zero-order chi connectivity index (χ0) is 63.4. The minimum absolute atomic E-state index is 0.0510. The monoisotopic (exact) mass is 1230 g/mol. The van der Waals surface area contributed by atoms with Gasteiger partial charge in [0.1, 0.15) is 55.2 Å². The van der Waals surface area contributed by atoms with Gasteiger partial charge in [-0.25, -0.2) is 19.6 Å². The Balaban J connectivity index is 1.05. The number of hydrogen-bond acceptors (Lipinski definition) is 18. The number of alkyl halides is 2. The van der Waals surface area contributed by atoms with Gasteiger partial charge in [-0.3, -0.25) is 53.5 Å². The zero-order valence-corrected chi connectivity index (χ0v) is 51.2. The average molecular weight is 1240 g/mol. The van der Waals surface area contributed by atoms with Crippen LogP contribution in [0.4, 0.5) is 8.78 Å². The highest BCUT2D eigenvalue weighted by atomic mass is 19.1. The molecule has 6 aliphatic rings. The quantitative estimate of drug-likeness (QED) is 0.143. The number of hydrogen-bond donors (Lipinski definition) is 6. The predicted molar refractivity (Wildman–Crippen MR) is 321 cm³/mol. The lowest BCUT2D eigenvalue weighted by atomic mass is 9.87. The molecule has 23 nitrogen and oxygen atoms in total. The van der Waals surface area contributed by atoms with Crippen LogP contribution in [0.3, 0.4) is 0 Å². The normalized spacial score (nSPS) is 28.3. The lowest BCUT2D eigenvalue weighted by Crippen LogP contribution is -2.62. The Morgan fingerprint density at radius 1 is 0.618 bits per heavy atom. The van der Waals surface area contributed by atoms with Crippen LogP contribution in [0.25, 0.3) is 34.0 Å². The standard InChI is InChI=1S/C64H80F2N10O13/c1-36(2)53-28-67-40(7)58(80)75-22-8-10-47(73-75)56(78)69-39(6)49-26-44(45-16-13-42(25-51(45)71-49)19-21-63(60(82)88-53)33-86-64(29-65,30-66)87-34-63)27-52-59(81)76-23-9-11-48(74-76)55(77)68-38(5)46-17-15-43-14-12-41(24-50(43)70-46)18-20-62(31-84-35-85-32-62)61(83)89-54(37(3)4)57(79)72-52/h12-21,24-26,36-40,47-48,52-54,67,73-74H,8-11,22-23,27-35H2,1-7H3,(H,68,77)(H,69,78)(H,72,79)/b20-18+,21-19+/t38-,39-,40+,47+,48+,52+,53-,54+/m1/s1. The van der Waals surface area contributed by atoms with Gasteiger partial charge in [0.05, 0.1) is 67.0 Å². The first-order valence-corrected chi connectivity index (χ1v) is 30.6. The van der Waals surface area contributed by atoms with E-state index in [0.29, 0.717) is 76.7 Å². The number of benzene rings is 2. The highest BCUT2D eigenvalue weighted by Crippen LogP contribution is 2.37. The summed E-state index contributed by atoms with van der Waals surface area (Å²) < 4.78 is 63.8. The topological polar surface area (TPSA) is 279 Å². The van der Waals surface area contributed by atoms with E-state index in [9.17, 15) is 32.8 Å². The van der Waals surface area contributed by atoms with E-state index in [2.05, 4.69) is 32.1 Å². The van der Waals surface area contributed by atoms with Gasteiger partial charge in [-0.15, -0.1) is 0 Å². The lowest BCUT2D eigenvalue weighted by molar-refractivity contribution is -0.305. The molecule has 6 N–H and O–H groups in total. The molecule has 6 aliphatic heterocycles. The minimum Gasteiger partial charge on any atom is -0.460 e. The predicted octanol–water partition coefficient (Wildman–Crippen LogP) is 4.68. The van der Waals surface area contributed by atoms with Crippen molar-refractivity contribution in [1.29, 1.82) is 0 Å². The number of ether oxygens (including phenoxy) is 6. The average Bonchev–Trinajstić information content (AvgIpc) is 1.52. The first kappa shape index (κ1) is 64.6. The number of halogens is 2. The smallest absolute Gasteiger partial charge is 0.321 e. The van der Waals surface area contributed by atoms with Gasteiger partial charge in [-0.1, -0.05) is 82.3 Å². The Labute approximate surface area is 515 Å². The highest BCUT2D eigenvalue weighted by Gasteiger charge is 2.51. The molecule has 5 amide bonds. The first-order chi connectivity index (χ1) is 42.6. The third-order valence-corrected chi connectivity index (χ3v) is 17.4. The van der Waals surface area contributed by atoms with E-state index in [0.717, 1.165) is 5.39 Å².